The number of carbonyl (C=O) groups excluding carboxylic acids is 1. The maximum absolute atomic E-state index is 13.1. The van der Waals surface area contributed by atoms with Gasteiger partial charge in [-0.25, -0.2) is 13.2 Å². The summed E-state index contributed by atoms with van der Waals surface area (Å²) in [5.41, 5.74) is 1.25. The van der Waals surface area contributed by atoms with Gasteiger partial charge in [-0.2, -0.15) is 0 Å². The molecule has 0 aliphatic rings. The SMILES string of the molecule is O=C(/C=C(\c1ccccc1)S(=O)(=O)c1ccccc1)OCc1ccccc1. The van der Waals surface area contributed by atoms with Crippen LogP contribution in [0, 0.1) is 0 Å². The molecule has 0 amide bonds. The molecule has 0 unspecified atom stereocenters. The van der Waals surface area contributed by atoms with E-state index in [1.807, 2.05) is 30.3 Å². The van der Waals surface area contributed by atoms with E-state index in [9.17, 15) is 13.2 Å². The number of sulfone groups is 1. The number of hydrogen-bond acceptors (Lipinski definition) is 4. The molecule has 5 heteroatoms. The Morgan fingerprint density at radius 2 is 1.30 bits per heavy atom. The molecule has 0 fully saturated rings. The smallest absolute Gasteiger partial charge is 0.332 e. The van der Waals surface area contributed by atoms with Gasteiger partial charge in [-0.3, -0.25) is 0 Å². The average Bonchev–Trinajstić information content (AvgIpc) is 2.72. The van der Waals surface area contributed by atoms with Gasteiger partial charge in [0.2, 0.25) is 9.84 Å². The Kier molecular flexibility index (Phi) is 5.84. The number of benzene rings is 3. The minimum atomic E-state index is -3.87. The molecule has 0 N–H and O–H groups in total. The Balaban J connectivity index is 1.93. The first-order valence-corrected chi connectivity index (χ1v) is 9.83. The summed E-state index contributed by atoms with van der Waals surface area (Å²) in [6.07, 6.45) is 1.04. The lowest BCUT2D eigenvalue weighted by molar-refractivity contribution is -0.138. The molecule has 0 heterocycles. The molecule has 0 spiro atoms. The molecule has 0 saturated heterocycles. The predicted molar refractivity (Wildman–Crippen MR) is 104 cm³/mol. The zero-order valence-corrected chi connectivity index (χ0v) is 15.3. The van der Waals surface area contributed by atoms with Gasteiger partial charge in [-0.05, 0) is 23.3 Å². The van der Waals surface area contributed by atoms with Crippen molar-refractivity contribution in [3.63, 3.8) is 0 Å². The van der Waals surface area contributed by atoms with Crippen molar-refractivity contribution in [2.24, 2.45) is 0 Å². The van der Waals surface area contributed by atoms with Gasteiger partial charge in [0.1, 0.15) is 6.61 Å². The fourth-order valence-corrected chi connectivity index (χ4v) is 3.99. The van der Waals surface area contributed by atoms with E-state index in [0.717, 1.165) is 11.6 Å². The van der Waals surface area contributed by atoms with Crippen molar-refractivity contribution >= 4 is 20.7 Å². The molecule has 0 aliphatic heterocycles. The van der Waals surface area contributed by atoms with Crippen LogP contribution in [0.1, 0.15) is 11.1 Å². The van der Waals surface area contributed by atoms with Gasteiger partial charge in [0, 0.05) is 6.08 Å². The number of esters is 1. The van der Waals surface area contributed by atoms with E-state index in [1.54, 1.807) is 48.5 Å². The molecule has 3 rings (SSSR count). The van der Waals surface area contributed by atoms with Gasteiger partial charge in [0.05, 0.1) is 9.80 Å². The summed E-state index contributed by atoms with van der Waals surface area (Å²) in [5, 5.41) is 0. The van der Waals surface area contributed by atoms with Crippen molar-refractivity contribution in [3.05, 3.63) is 108 Å². The minimum absolute atomic E-state index is 0.0730. The molecule has 3 aromatic carbocycles. The summed E-state index contributed by atoms with van der Waals surface area (Å²) in [5.74, 6) is -0.711. The first-order chi connectivity index (χ1) is 13.1. The largest absolute Gasteiger partial charge is 0.458 e. The summed E-state index contributed by atoms with van der Waals surface area (Å²) >= 11 is 0. The highest BCUT2D eigenvalue weighted by molar-refractivity contribution is 8.00. The topological polar surface area (TPSA) is 60.4 Å². The van der Waals surface area contributed by atoms with Crippen molar-refractivity contribution in [2.45, 2.75) is 11.5 Å². The third kappa shape index (κ3) is 4.71. The lowest BCUT2D eigenvalue weighted by atomic mass is 10.2. The molecule has 136 valence electrons. The summed E-state index contributed by atoms with van der Waals surface area (Å²) < 4.78 is 31.4. The normalized spacial score (nSPS) is 11.8. The summed E-state index contributed by atoms with van der Waals surface area (Å²) in [6.45, 7) is 0.0730. The monoisotopic (exact) mass is 378 g/mol. The van der Waals surface area contributed by atoms with Gasteiger partial charge < -0.3 is 4.74 Å². The van der Waals surface area contributed by atoms with E-state index in [2.05, 4.69) is 0 Å². The Bertz CT molecular complexity index is 1030. The third-order valence-corrected chi connectivity index (χ3v) is 5.70. The van der Waals surface area contributed by atoms with E-state index < -0.39 is 15.8 Å². The fraction of sp³-hybridized carbons (Fsp3) is 0.0455. The van der Waals surface area contributed by atoms with E-state index >= 15 is 0 Å². The second-order valence-electron chi connectivity index (χ2n) is 5.78. The zero-order valence-electron chi connectivity index (χ0n) is 14.5. The molecule has 0 radical (unpaired) electrons. The highest BCUT2D eigenvalue weighted by Crippen LogP contribution is 2.27. The number of carbonyl (C=O) groups is 1. The summed E-state index contributed by atoms with van der Waals surface area (Å²) in [7, 11) is -3.87. The van der Waals surface area contributed by atoms with Crippen molar-refractivity contribution in [3.8, 4) is 0 Å². The molecule has 0 bridgehead atoms. The van der Waals surface area contributed by atoms with Crippen LogP contribution in [0.4, 0.5) is 0 Å². The van der Waals surface area contributed by atoms with E-state index in [-0.39, 0.29) is 16.4 Å². The standard InChI is InChI=1S/C22H18O4S/c23-22(26-17-18-10-4-1-5-11-18)16-21(19-12-6-2-7-13-19)27(24,25)20-14-8-3-9-15-20/h1-16H,17H2/b21-16+. The molecule has 4 nitrogen and oxygen atoms in total. The van der Waals surface area contributed by atoms with Gasteiger partial charge in [0.15, 0.2) is 0 Å². The van der Waals surface area contributed by atoms with Crippen molar-refractivity contribution in [2.75, 3.05) is 0 Å². The quantitative estimate of drug-likeness (QED) is 0.475. The molecule has 0 saturated carbocycles. The lowest BCUT2D eigenvalue weighted by Gasteiger charge is -2.10. The Morgan fingerprint density at radius 3 is 1.89 bits per heavy atom. The van der Waals surface area contributed by atoms with Gasteiger partial charge in [-0.1, -0.05) is 78.9 Å². The first kappa shape index (κ1) is 18.6. The molecule has 0 aliphatic carbocycles. The maximum Gasteiger partial charge on any atom is 0.332 e. The van der Waals surface area contributed by atoms with Crippen LogP contribution < -0.4 is 0 Å². The first-order valence-electron chi connectivity index (χ1n) is 8.35. The van der Waals surface area contributed by atoms with Crippen LogP contribution in [0.25, 0.3) is 4.91 Å². The second-order valence-corrected chi connectivity index (χ2v) is 7.70. The Morgan fingerprint density at radius 1 is 0.778 bits per heavy atom. The second kappa shape index (κ2) is 8.47. The average molecular weight is 378 g/mol. The van der Waals surface area contributed by atoms with Crippen LogP contribution >= 0.6 is 0 Å². The van der Waals surface area contributed by atoms with Crippen LogP contribution in [0.2, 0.25) is 0 Å². The number of hydrogen-bond donors (Lipinski definition) is 0. The van der Waals surface area contributed by atoms with Crippen molar-refractivity contribution in [1.29, 1.82) is 0 Å². The Labute approximate surface area is 158 Å². The van der Waals surface area contributed by atoms with Gasteiger partial charge >= 0.3 is 5.97 Å². The van der Waals surface area contributed by atoms with Crippen LogP contribution in [-0.4, -0.2) is 14.4 Å². The highest BCUT2D eigenvalue weighted by Gasteiger charge is 2.23. The van der Waals surface area contributed by atoms with Crippen LogP contribution in [0.3, 0.4) is 0 Å². The van der Waals surface area contributed by atoms with Crippen LogP contribution in [0.5, 0.6) is 0 Å². The summed E-state index contributed by atoms with van der Waals surface area (Å²) in [4.78, 5) is 12.3. The number of ether oxygens (including phenoxy) is 1. The predicted octanol–water partition coefficient (Wildman–Crippen LogP) is 4.24. The zero-order chi connectivity index (χ0) is 19.1. The molecule has 0 atom stereocenters. The van der Waals surface area contributed by atoms with Crippen LogP contribution in [0.15, 0.2) is 102 Å². The van der Waals surface area contributed by atoms with E-state index in [4.69, 9.17) is 4.74 Å². The van der Waals surface area contributed by atoms with Crippen molar-refractivity contribution in [1.82, 2.24) is 0 Å². The highest BCUT2D eigenvalue weighted by atomic mass is 32.2. The minimum Gasteiger partial charge on any atom is -0.458 e. The van der Waals surface area contributed by atoms with E-state index in [0.29, 0.717) is 5.56 Å². The molecule has 3 aromatic rings. The lowest BCUT2D eigenvalue weighted by Crippen LogP contribution is -2.08. The molecular weight excluding hydrogens is 360 g/mol. The van der Waals surface area contributed by atoms with Crippen LogP contribution in [-0.2, 0) is 26.0 Å². The van der Waals surface area contributed by atoms with Gasteiger partial charge in [-0.15, -0.1) is 0 Å². The molecular formula is C22H18O4S. The fourth-order valence-electron chi connectivity index (χ4n) is 2.52. The summed E-state index contributed by atoms with van der Waals surface area (Å²) in [6, 6.07) is 25.8. The van der Waals surface area contributed by atoms with Crippen molar-refractivity contribution < 1.29 is 17.9 Å². The Hall–Kier alpha value is -3.18. The van der Waals surface area contributed by atoms with E-state index in [1.165, 1.54) is 12.1 Å². The van der Waals surface area contributed by atoms with Gasteiger partial charge in [0.25, 0.3) is 0 Å². The molecule has 27 heavy (non-hydrogen) atoms. The number of rotatable bonds is 6. The maximum atomic E-state index is 13.1. The third-order valence-electron chi connectivity index (χ3n) is 3.87. The molecule has 0 aromatic heterocycles.